The van der Waals surface area contributed by atoms with Crippen LogP contribution in [0.15, 0.2) is 223 Å². The van der Waals surface area contributed by atoms with Gasteiger partial charge in [0.2, 0.25) is 0 Å². The van der Waals surface area contributed by atoms with E-state index in [-0.39, 0.29) is 0 Å². The Labute approximate surface area is 330 Å². The van der Waals surface area contributed by atoms with E-state index in [1.807, 2.05) is 12.1 Å². The molecule has 11 rings (SSSR count). The number of nitrogens with zero attached hydrogens (tertiary/aromatic N) is 2. The molecule has 0 spiro atoms. The molecule has 0 bridgehead atoms. The molecule has 11 aromatic rings. The van der Waals surface area contributed by atoms with Crippen molar-refractivity contribution in [2.75, 3.05) is 4.90 Å². The number of hydrogen-bond donors (Lipinski definition) is 0. The summed E-state index contributed by atoms with van der Waals surface area (Å²) in [6.45, 7) is 0. The second-order valence-corrected chi connectivity index (χ2v) is 14.5. The van der Waals surface area contributed by atoms with Crippen molar-refractivity contribution in [2.24, 2.45) is 0 Å². The SMILES string of the molecule is c1ccc(-c2ccccc2N(c2ccc(-c3cccc4c3oc3ccccc34)cc2)c2ccc3c(c2)c2c(-c4ccccc4)cccc2n3-c2ccccc2)cc1. The van der Waals surface area contributed by atoms with E-state index >= 15 is 0 Å². The summed E-state index contributed by atoms with van der Waals surface area (Å²) in [7, 11) is 0. The molecule has 0 fully saturated rings. The van der Waals surface area contributed by atoms with Crippen LogP contribution in [-0.4, -0.2) is 4.57 Å². The Hall–Kier alpha value is -7.62. The highest BCUT2D eigenvalue weighted by Crippen LogP contribution is 2.45. The average molecular weight is 729 g/mol. The van der Waals surface area contributed by atoms with Crippen LogP contribution in [0.25, 0.3) is 82.8 Å². The van der Waals surface area contributed by atoms with E-state index in [0.717, 1.165) is 66.9 Å². The molecule has 57 heavy (non-hydrogen) atoms. The smallest absolute Gasteiger partial charge is 0.143 e. The number of anilines is 3. The van der Waals surface area contributed by atoms with Gasteiger partial charge in [-0.2, -0.15) is 0 Å². The molecule has 0 N–H and O–H groups in total. The largest absolute Gasteiger partial charge is 0.455 e. The highest BCUT2D eigenvalue weighted by molar-refractivity contribution is 6.17. The van der Waals surface area contributed by atoms with Crippen molar-refractivity contribution in [3.05, 3.63) is 218 Å². The Morgan fingerprint density at radius 1 is 0.368 bits per heavy atom. The lowest BCUT2D eigenvalue weighted by molar-refractivity contribution is 0.670. The van der Waals surface area contributed by atoms with Gasteiger partial charge in [-0.15, -0.1) is 0 Å². The van der Waals surface area contributed by atoms with Gasteiger partial charge in [0.05, 0.1) is 16.7 Å². The Balaban J connectivity index is 1.14. The fourth-order valence-corrected chi connectivity index (χ4v) is 8.63. The van der Waals surface area contributed by atoms with E-state index in [4.69, 9.17) is 4.42 Å². The van der Waals surface area contributed by atoms with Crippen LogP contribution >= 0.6 is 0 Å². The van der Waals surface area contributed by atoms with E-state index in [0.29, 0.717) is 0 Å². The summed E-state index contributed by atoms with van der Waals surface area (Å²) in [5.41, 5.74) is 15.4. The minimum atomic E-state index is 0.902. The van der Waals surface area contributed by atoms with Gasteiger partial charge in [0.25, 0.3) is 0 Å². The fourth-order valence-electron chi connectivity index (χ4n) is 8.63. The fraction of sp³-hybridized carbons (Fsp3) is 0. The van der Waals surface area contributed by atoms with Crippen LogP contribution in [0.1, 0.15) is 0 Å². The lowest BCUT2D eigenvalue weighted by Crippen LogP contribution is -2.11. The quantitative estimate of drug-likeness (QED) is 0.163. The van der Waals surface area contributed by atoms with Gasteiger partial charge < -0.3 is 13.9 Å². The highest BCUT2D eigenvalue weighted by Gasteiger charge is 2.22. The normalized spacial score (nSPS) is 11.5. The molecule has 0 amide bonds. The first-order chi connectivity index (χ1) is 28.3. The zero-order chi connectivity index (χ0) is 37.7. The maximum absolute atomic E-state index is 6.46. The van der Waals surface area contributed by atoms with Gasteiger partial charge in [0.1, 0.15) is 11.2 Å². The molecule has 3 nitrogen and oxygen atoms in total. The summed E-state index contributed by atoms with van der Waals surface area (Å²) < 4.78 is 8.86. The Bertz CT molecular complexity index is 3220. The second-order valence-electron chi connectivity index (χ2n) is 14.5. The zero-order valence-corrected chi connectivity index (χ0v) is 31.1. The molecule has 0 aliphatic heterocycles. The highest BCUT2D eigenvalue weighted by atomic mass is 16.3. The van der Waals surface area contributed by atoms with Gasteiger partial charge >= 0.3 is 0 Å². The van der Waals surface area contributed by atoms with Crippen LogP contribution in [0.3, 0.4) is 0 Å². The van der Waals surface area contributed by atoms with Gasteiger partial charge in [-0.1, -0.05) is 158 Å². The average Bonchev–Trinajstić information content (AvgIpc) is 3.84. The third-order valence-electron chi connectivity index (χ3n) is 11.2. The van der Waals surface area contributed by atoms with Crippen LogP contribution < -0.4 is 4.90 Å². The maximum atomic E-state index is 6.46. The Morgan fingerprint density at radius 3 is 1.74 bits per heavy atom. The van der Waals surface area contributed by atoms with Crippen LogP contribution in [0.5, 0.6) is 0 Å². The van der Waals surface area contributed by atoms with Crippen molar-refractivity contribution in [2.45, 2.75) is 0 Å². The molecule has 0 atom stereocenters. The minimum Gasteiger partial charge on any atom is -0.455 e. The van der Waals surface area contributed by atoms with Crippen LogP contribution in [-0.2, 0) is 0 Å². The molecule has 9 aromatic carbocycles. The van der Waals surface area contributed by atoms with Gasteiger partial charge in [-0.3, -0.25) is 0 Å². The molecular weight excluding hydrogens is 693 g/mol. The first kappa shape index (κ1) is 32.8. The monoisotopic (exact) mass is 728 g/mol. The Kier molecular flexibility index (Phi) is 7.82. The van der Waals surface area contributed by atoms with Gasteiger partial charge in [-0.05, 0) is 82.9 Å². The maximum Gasteiger partial charge on any atom is 0.143 e. The number of aromatic nitrogens is 1. The van der Waals surface area contributed by atoms with Gasteiger partial charge in [0, 0.05) is 49.7 Å². The predicted molar refractivity (Wildman–Crippen MR) is 239 cm³/mol. The predicted octanol–water partition coefficient (Wildman–Crippen LogP) is 15.2. The third kappa shape index (κ3) is 5.51. The lowest BCUT2D eigenvalue weighted by Gasteiger charge is -2.28. The van der Waals surface area contributed by atoms with Gasteiger partial charge in [0.15, 0.2) is 0 Å². The van der Waals surface area contributed by atoms with Crippen molar-refractivity contribution in [1.29, 1.82) is 0 Å². The zero-order valence-electron chi connectivity index (χ0n) is 31.1. The molecule has 0 saturated carbocycles. The van der Waals surface area contributed by atoms with Crippen LogP contribution in [0.2, 0.25) is 0 Å². The molecular formula is C54H36N2O. The second kappa shape index (κ2) is 13.6. The topological polar surface area (TPSA) is 21.3 Å². The number of rotatable bonds is 7. The summed E-state index contributed by atoms with van der Waals surface area (Å²) in [5.74, 6) is 0. The molecule has 2 heterocycles. The summed E-state index contributed by atoms with van der Waals surface area (Å²) in [6, 6.07) is 78.1. The molecule has 0 aliphatic carbocycles. The number of hydrogen-bond acceptors (Lipinski definition) is 2. The molecule has 0 unspecified atom stereocenters. The van der Waals surface area contributed by atoms with Crippen LogP contribution in [0, 0.1) is 0 Å². The van der Waals surface area contributed by atoms with Crippen molar-refractivity contribution in [3.63, 3.8) is 0 Å². The number of benzene rings is 9. The Morgan fingerprint density at radius 2 is 0.947 bits per heavy atom. The molecule has 3 heteroatoms. The molecule has 0 aliphatic rings. The first-order valence-electron chi connectivity index (χ1n) is 19.4. The first-order valence-corrected chi connectivity index (χ1v) is 19.4. The van der Waals surface area contributed by atoms with Crippen LogP contribution in [0.4, 0.5) is 17.1 Å². The van der Waals surface area contributed by atoms with Crippen molar-refractivity contribution in [3.8, 4) is 39.1 Å². The summed E-state index contributed by atoms with van der Waals surface area (Å²) in [4.78, 5) is 2.41. The van der Waals surface area contributed by atoms with Crippen molar-refractivity contribution >= 4 is 60.8 Å². The minimum absolute atomic E-state index is 0.902. The van der Waals surface area contributed by atoms with Crippen molar-refractivity contribution < 1.29 is 4.42 Å². The number of fused-ring (bicyclic) bond motifs is 6. The summed E-state index contributed by atoms with van der Waals surface area (Å²) >= 11 is 0. The van der Waals surface area contributed by atoms with E-state index in [9.17, 15) is 0 Å². The summed E-state index contributed by atoms with van der Waals surface area (Å²) in [6.07, 6.45) is 0. The standard InChI is InChI=1S/C54H36N2O/c1-4-16-37(17-5-1)43-22-10-12-27-49(43)55(41-32-30-39(31-33-41)45-25-14-26-47-46-23-11-13-29-52(46)57-54(45)47)42-34-35-50-48(36-42)53-44(38-18-6-2-7-19-38)24-15-28-51(53)56(50)40-20-8-3-9-21-40/h1-36H. The van der Waals surface area contributed by atoms with E-state index < -0.39 is 0 Å². The number of para-hydroxylation sites is 4. The van der Waals surface area contributed by atoms with E-state index in [2.05, 4.69) is 216 Å². The van der Waals surface area contributed by atoms with Gasteiger partial charge in [-0.25, -0.2) is 0 Å². The molecule has 2 aromatic heterocycles. The third-order valence-corrected chi connectivity index (χ3v) is 11.2. The van der Waals surface area contributed by atoms with E-state index in [1.54, 1.807) is 0 Å². The van der Waals surface area contributed by atoms with E-state index in [1.165, 1.54) is 33.0 Å². The van der Waals surface area contributed by atoms with Crippen molar-refractivity contribution in [1.82, 2.24) is 4.57 Å². The summed E-state index contributed by atoms with van der Waals surface area (Å²) in [5, 5.41) is 4.69. The molecule has 0 radical (unpaired) electrons. The lowest BCUT2D eigenvalue weighted by atomic mass is 9.98. The number of furan rings is 1. The molecule has 268 valence electrons. The molecule has 0 saturated heterocycles.